The number of hydrogen-bond donors (Lipinski definition) is 1. The summed E-state index contributed by atoms with van der Waals surface area (Å²) in [5.74, 6) is 0.765. The van der Waals surface area contributed by atoms with Gasteiger partial charge in [-0.1, -0.05) is 23.7 Å². The van der Waals surface area contributed by atoms with E-state index in [0.717, 1.165) is 15.4 Å². The molecule has 8 nitrogen and oxygen atoms in total. The van der Waals surface area contributed by atoms with Crippen molar-refractivity contribution in [3.8, 4) is 17.2 Å². The van der Waals surface area contributed by atoms with Crippen LogP contribution in [0.25, 0.3) is 0 Å². The Bertz CT molecular complexity index is 1330. The number of sulfonamides is 1. The van der Waals surface area contributed by atoms with E-state index in [-0.39, 0.29) is 16.3 Å². The fourth-order valence-electron chi connectivity index (χ4n) is 3.65. The zero-order valence-corrected chi connectivity index (χ0v) is 22.3. The molecule has 10 heteroatoms. The Morgan fingerprint density at radius 2 is 1.53 bits per heavy atom. The van der Waals surface area contributed by atoms with E-state index >= 15 is 0 Å². The Kier molecular flexibility index (Phi) is 8.70. The Labute approximate surface area is 216 Å². The molecule has 192 valence electrons. The van der Waals surface area contributed by atoms with Crippen LogP contribution in [0.5, 0.6) is 17.2 Å². The van der Waals surface area contributed by atoms with E-state index in [1.54, 1.807) is 68.4 Å². The van der Waals surface area contributed by atoms with Crippen molar-refractivity contribution in [2.45, 2.75) is 24.8 Å². The first-order valence-corrected chi connectivity index (χ1v) is 12.9. The Morgan fingerprint density at radius 3 is 2.14 bits per heavy atom. The van der Waals surface area contributed by atoms with Gasteiger partial charge in [0.2, 0.25) is 5.91 Å². The van der Waals surface area contributed by atoms with Crippen LogP contribution in [0, 0.1) is 6.92 Å². The second kappa shape index (κ2) is 11.5. The number of rotatable bonds is 10. The summed E-state index contributed by atoms with van der Waals surface area (Å²) < 4.78 is 44.5. The normalized spacial score (nSPS) is 11.9. The van der Waals surface area contributed by atoms with Crippen molar-refractivity contribution in [3.05, 3.63) is 76.8 Å². The van der Waals surface area contributed by atoms with Crippen LogP contribution in [0.2, 0.25) is 5.02 Å². The van der Waals surface area contributed by atoms with Gasteiger partial charge >= 0.3 is 0 Å². The molecule has 3 aromatic carbocycles. The number of methoxy groups -OCH3 is 3. The zero-order chi connectivity index (χ0) is 26.5. The molecule has 0 unspecified atom stereocenters. The van der Waals surface area contributed by atoms with Gasteiger partial charge in [-0.15, -0.1) is 0 Å². The molecule has 0 aliphatic rings. The van der Waals surface area contributed by atoms with Gasteiger partial charge in [0.1, 0.15) is 17.2 Å². The lowest BCUT2D eigenvalue weighted by molar-refractivity contribution is -0.120. The third-order valence-corrected chi connectivity index (χ3v) is 7.62. The first-order chi connectivity index (χ1) is 17.1. The van der Waals surface area contributed by atoms with E-state index in [9.17, 15) is 13.2 Å². The number of hydrogen-bond acceptors (Lipinski definition) is 6. The monoisotopic (exact) mass is 532 g/mol. The quantitative estimate of drug-likeness (QED) is 0.405. The highest BCUT2D eigenvalue weighted by atomic mass is 35.5. The summed E-state index contributed by atoms with van der Waals surface area (Å²) in [5, 5.41) is 3.30. The lowest BCUT2D eigenvalue weighted by Gasteiger charge is -2.26. The van der Waals surface area contributed by atoms with E-state index in [0.29, 0.717) is 16.5 Å². The van der Waals surface area contributed by atoms with Gasteiger partial charge in [-0.25, -0.2) is 8.42 Å². The molecule has 0 heterocycles. The van der Waals surface area contributed by atoms with E-state index in [4.69, 9.17) is 25.8 Å². The number of nitrogens with one attached hydrogen (secondary N) is 1. The highest BCUT2D eigenvalue weighted by Crippen LogP contribution is 2.32. The molecule has 0 spiro atoms. The van der Waals surface area contributed by atoms with Crippen LogP contribution in [0.3, 0.4) is 0 Å². The minimum absolute atomic E-state index is 0.0410. The van der Waals surface area contributed by atoms with Crippen molar-refractivity contribution in [3.63, 3.8) is 0 Å². The lowest BCUT2D eigenvalue weighted by Crippen LogP contribution is -2.41. The molecule has 0 bridgehead atoms. The van der Waals surface area contributed by atoms with Gasteiger partial charge in [-0.3, -0.25) is 9.10 Å². The Morgan fingerprint density at radius 1 is 0.917 bits per heavy atom. The first-order valence-electron chi connectivity index (χ1n) is 11.0. The zero-order valence-electron chi connectivity index (χ0n) is 20.7. The summed E-state index contributed by atoms with van der Waals surface area (Å²) in [6, 6.07) is 16.0. The van der Waals surface area contributed by atoms with Crippen molar-refractivity contribution in [1.82, 2.24) is 5.32 Å². The molecule has 0 saturated carbocycles. The Hall–Kier alpha value is -3.43. The second-order valence-electron chi connectivity index (χ2n) is 8.05. The van der Waals surface area contributed by atoms with Crippen molar-refractivity contribution in [1.29, 1.82) is 0 Å². The van der Waals surface area contributed by atoms with Gasteiger partial charge in [0, 0.05) is 5.02 Å². The van der Waals surface area contributed by atoms with Crippen molar-refractivity contribution >= 4 is 33.2 Å². The number of anilines is 1. The van der Waals surface area contributed by atoms with Gasteiger partial charge < -0.3 is 19.5 Å². The number of nitrogens with zero attached hydrogens (tertiary/aromatic N) is 1. The van der Waals surface area contributed by atoms with Crippen molar-refractivity contribution in [2.75, 3.05) is 32.2 Å². The van der Waals surface area contributed by atoms with Crippen molar-refractivity contribution < 1.29 is 27.4 Å². The van der Waals surface area contributed by atoms with E-state index < -0.39 is 28.5 Å². The molecule has 1 amide bonds. The van der Waals surface area contributed by atoms with Crippen LogP contribution in [0.15, 0.2) is 65.6 Å². The van der Waals surface area contributed by atoms with Gasteiger partial charge in [-0.2, -0.15) is 0 Å². The summed E-state index contributed by atoms with van der Waals surface area (Å²) in [6.45, 7) is 3.12. The molecule has 1 atom stereocenters. The first kappa shape index (κ1) is 27.2. The molecular weight excluding hydrogens is 504 g/mol. The van der Waals surface area contributed by atoms with Crippen LogP contribution in [0.1, 0.15) is 24.1 Å². The SMILES string of the molecule is COc1ccc([C@@H](C)NC(=O)CN(c2ccc(Cl)cc2)S(=O)(=O)c2cc(C)ccc2OC)cc1OC. The molecule has 36 heavy (non-hydrogen) atoms. The van der Waals surface area contributed by atoms with Crippen LogP contribution in [0.4, 0.5) is 5.69 Å². The Balaban J connectivity index is 1.93. The molecule has 0 aliphatic carbocycles. The number of benzene rings is 3. The van der Waals surface area contributed by atoms with E-state index in [1.807, 2.05) is 0 Å². The van der Waals surface area contributed by atoms with Gasteiger partial charge in [0.15, 0.2) is 11.5 Å². The number of ether oxygens (including phenoxy) is 3. The molecule has 0 saturated heterocycles. The largest absolute Gasteiger partial charge is 0.495 e. The maximum Gasteiger partial charge on any atom is 0.268 e. The summed E-state index contributed by atoms with van der Waals surface area (Å²) in [5.41, 5.74) is 1.79. The number of halogens is 1. The minimum atomic E-state index is -4.18. The summed E-state index contributed by atoms with van der Waals surface area (Å²) in [4.78, 5) is 13.1. The molecule has 0 fully saturated rings. The number of amides is 1. The summed E-state index contributed by atoms with van der Waals surface area (Å²) >= 11 is 6.02. The third kappa shape index (κ3) is 6.03. The highest BCUT2D eigenvalue weighted by Gasteiger charge is 2.30. The number of carbonyl (C=O) groups excluding carboxylic acids is 1. The van der Waals surface area contributed by atoms with Gasteiger partial charge in [-0.05, 0) is 73.5 Å². The average molecular weight is 533 g/mol. The fourth-order valence-corrected chi connectivity index (χ4v) is 5.44. The van der Waals surface area contributed by atoms with E-state index in [1.165, 1.54) is 27.4 Å². The second-order valence-corrected chi connectivity index (χ2v) is 10.3. The lowest BCUT2D eigenvalue weighted by atomic mass is 10.1. The topological polar surface area (TPSA) is 94.2 Å². The van der Waals surface area contributed by atoms with Crippen molar-refractivity contribution in [2.24, 2.45) is 0 Å². The van der Waals surface area contributed by atoms with Crippen LogP contribution in [-0.2, 0) is 14.8 Å². The summed E-state index contributed by atoms with van der Waals surface area (Å²) in [6.07, 6.45) is 0. The average Bonchev–Trinajstić information content (AvgIpc) is 2.87. The molecular formula is C26H29ClN2O6S. The molecule has 0 aromatic heterocycles. The highest BCUT2D eigenvalue weighted by molar-refractivity contribution is 7.93. The van der Waals surface area contributed by atoms with E-state index in [2.05, 4.69) is 5.32 Å². The van der Waals surface area contributed by atoms with Crippen LogP contribution in [-0.4, -0.2) is 42.2 Å². The third-order valence-electron chi connectivity index (χ3n) is 5.57. The number of aryl methyl sites for hydroxylation is 1. The predicted octanol–water partition coefficient (Wildman–Crippen LogP) is 4.75. The molecule has 1 N–H and O–H groups in total. The molecule has 0 radical (unpaired) electrons. The van der Waals surface area contributed by atoms with Crippen LogP contribution < -0.4 is 23.8 Å². The maximum absolute atomic E-state index is 13.8. The number of carbonyl (C=O) groups is 1. The minimum Gasteiger partial charge on any atom is -0.495 e. The molecule has 3 aromatic rings. The standard InChI is InChI=1S/C26H29ClN2O6S/c1-17-6-12-23(34-4)25(14-17)36(31,32)29(21-10-8-20(27)9-11-21)16-26(30)28-18(2)19-7-13-22(33-3)24(15-19)35-5/h6-15,18H,16H2,1-5H3,(H,28,30)/t18-/m1/s1. The van der Waals surface area contributed by atoms with Crippen LogP contribution >= 0.6 is 11.6 Å². The molecule has 0 aliphatic heterocycles. The smallest absolute Gasteiger partial charge is 0.268 e. The fraction of sp³-hybridized carbons (Fsp3) is 0.269. The summed E-state index contributed by atoms with van der Waals surface area (Å²) in [7, 11) is 0.284. The van der Waals surface area contributed by atoms with Gasteiger partial charge in [0.05, 0.1) is 33.1 Å². The molecule has 3 rings (SSSR count). The predicted molar refractivity (Wildman–Crippen MR) is 140 cm³/mol. The maximum atomic E-state index is 13.8. The van der Waals surface area contributed by atoms with Gasteiger partial charge in [0.25, 0.3) is 10.0 Å².